The minimum absolute atomic E-state index is 0.0141. The maximum Gasteiger partial charge on any atom is 0.412 e. The van der Waals surface area contributed by atoms with E-state index in [1.54, 1.807) is 24.3 Å². The molecule has 2 amide bonds. The third-order valence-corrected chi connectivity index (χ3v) is 15.7. The molecule has 78 heavy (non-hydrogen) atoms. The highest BCUT2D eigenvalue weighted by atomic mass is 16.7. The summed E-state index contributed by atoms with van der Waals surface area (Å²) < 4.78 is 32.4. The molecule has 0 saturated heterocycles. The first-order valence-electron chi connectivity index (χ1n) is 28.3. The summed E-state index contributed by atoms with van der Waals surface area (Å²) in [7, 11) is 0. The van der Waals surface area contributed by atoms with Gasteiger partial charge in [0.1, 0.15) is 24.1 Å². The van der Waals surface area contributed by atoms with Crippen LogP contribution in [0.4, 0.5) is 10.5 Å². The van der Waals surface area contributed by atoms with Gasteiger partial charge in [0.05, 0.1) is 23.2 Å². The lowest BCUT2D eigenvalue weighted by Gasteiger charge is -2.60. The van der Waals surface area contributed by atoms with Crippen molar-refractivity contribution in [2.24, 2.45) is 22.9 Å². The number of oxime groups is 1. The van der Waals surface area contributed by atoms with Crippen LogP contribution in [0.2, 0.25) is 0 Å². The van der Waals surface area contributed by atoms with E-state index in [1.165, 1.54) is 44.2 Å². The number of allylic oxidation sites excluding steroid dienone is 1. The van der Waals surface area contributed by atoms with E-state index < -0.39 is 28.8 Å². The third kappa shape index (κ3) is 14.5. The molecule has 0 aromatic heterocycles. The fourth-order valence-corrected chi connectivity index (χ4v) is 11.9. The number of unbranched alkanes of at least 4 members (excludes halogenated alkanes) is 10. The monoisotopic (exact) mass is 1070 g/mol. The Kier molecular flexibility index (Phi) is 21.2. The Morgan fingerprint density at radius 1 is 0.833 bits per heavy atom. The van der Waals surface area contributed by atoms with E-state index in [9.17, 15) is 25.1 Å². The van der Waals surface area contributed by atoms with Crippen LogP contribution in [0.5, 0.6) is 23.0 Å². The number of carbonyl (C=O) groups excluding carboxylic acids is 2. The Bertz CT molecular complexity index is 2680. The van der Waals surface area contributed by atoms with E-state index in [2.05, 4.69) is 24.9 Å². The molecule has 2 aliphatic carbocycles. The highest BCUT2D eigenvalue weighted by Crippen LogP contribution is 2.62. The first kappa shape index (κ1) is 57.4. The van der Waals surface area contributed by atoms with Crippen LogP contribution in [0.25, 0.3) is 0 Å². The van der Waals surface area contributed by atoms with Crippen LogP contribution in [0.3, 0.4) is 0 Å². The van der Waals surface area contributed by atoms with E-state index in [-0.39, 0.29) is 88.5 Å². The van der Waals surface area contributed by atoms with E-state index in [1.807, 2.05) is 65.6 Å². The average molecular weight is 1070 g/mol. The smallest absolute Gasteiger partial charge is 0.412 e. The zero-order chi connectivity index (χ0) is 54.7. The maximum atomic E-state index is 15.5. The summed E-state index contributed by atoms with van der Waals surface area (Å²) in [6.07, 6.45) is 17.8. The summed E-state index contributed by atoms with van der Waals surface area (Å²) in [6.45, 7) is 7.03. The van der Waals surface area contributed by atoms with Crippen molar-refractivity contribution in [3.8, 4) is 23.0 Å². The summed E-state index contributed by atoms with van der Waals surface area (Å²) >= 11 is 0. The molecule has 0 unspecified atom stereocenters. The normalized spacial score (nSPS) is 21.1. The van der Waals surface area contributed by atoms with Gasteiger partial charge in [-0.15, -0.1) is 6.58 Å². The largest absolute Gasteiger partial charge is 0.459 e. The van der Waals surface area contributed by atoms with Crippen molar-refractivity contribution < 1.29 is 53.2 Å². The molecule has 8 rings (SSSR count). The summed E-state index contributed by atoms with van der Waals surface area (Å²) in [4.78, 5) is 48.3. The lowest BCUT2D eigenvalue weighted by molar-refractivity contribution is -0.384. The number of nitrogens with zero attached hydrogens (tertiary/aromatic N) is 3. The number of nitrogens with one attached hydrogen (secondary N) is 1. The number of non-ortho nitro benzene ring substituents is 1. The zero-order valence-corrected chi connectivity index (χ0v) is 45.2. The fourth-order valence-electron chi connectivity index (χ4n) is 11.9. The van der Waals surface area contributed by atoms with Gasteiger partial charge in [0.15, 0.2) is 11.5 Å². The van der Waals surface area contributed by atoms with Crippen molar-refractivity contribution in [2.45, 2.75) is 154 Å². The SMILES string of the molecule is C=CCO[C@@]12Oc3ccc(OC(=O)NCc4ccccc4)cc3[C@H]3[C@H](CCCCO)[C@@H](CCCCO)C=C(C(=NOCc4ccc([N+](=O)[O-])cc4)C[C@@H]1N(Cc1ccc4c(c1)OCO4)C(=O)CCCCCCCCCCC)[C@H]32. The van der Waals surface area contributed by atoms with Crippen molar-refractivity contribution in [3.63, 3.8) is 0 Å². The minimum atomic E-state index is -1.54. The van der Waals surface area contributed by atoms with E-state index in [4.69, 9.17) is 33.7 Å². The quantitative estimate of drug-likeness (QED) is 0.0187. The van der Waals surface area contributed by atoms with Crippen molar-refractivity contribution in [1.29, 1.82) is 0 Å². The predicted molar refractivity (Wildman–Crippen MR) is 297 cm³/mol. The second-order valence-corrected chi connectivity index (χ2v) is 21.0. The van der Waals surface area contributed by atoms with Crippen LogP contribution >= 0.6 is 0 Å². The van der Waals surface area contributed by atoms with Gasteiger partial charge in [0.2, 0.25) is 18.5 Å². The van der Waals surface area contributed by atoms with Gasteiger partial charge in [-0.05, 0) is 109 Å². The molecule has 0 radical (unpaired) electrons. The van der Waals surface area contributed by atoms with Crippen LogP contribution < -0.4 is 24.3 Å². The van der Waals surface area contributed by atoms with Crippen LogP contribution in [-0.4, -0.2) is 76.2 Å². The van der Waals surface area contributed by atoms with Gasteiger partial charge in [-0.2, -0.15) is 0 Å². The van der Waals surface area contributed by atoms with Gasteiger partial charge in [-0.1, -0.05) is 125 Å². The van der Waals surface area contributed by atoms with Crippen molar-refractivity contribution in [1.82, 2.24) is 10.2 Å². The number of hydrogen-bond acceptors (Lipinski definition) is 13. The maximum absolute atomic E-state index is 15.5. The Morgan fingerprint density at radius 2 is 1.54 bits per heavy atom. The molecule has 1 fully saturated rings. The first-order chi connectivity index (χ1) is 38.2. The first-order valence-corrected chi connectivity index (χ1v) is 28.3. The Morgan fingerprint density at radius 3 is 2.27 bits per heavy atom. The molecule has 2 heterocycles. The standard InChI is InChI=1S/C62H78N4O12/c1-3-5-6-7-8-9-10-11-15-24-58(69)65(41-46-27-31-55-56(36-46)74-43-73-55)57-39-53(64-76-42-45-25-28-48(29-26-45)66(71)72)51-37-47(22-16-18-33-67)50(23-17-19-34-68)59-52-38-49(77-61(70)63-40-44-20-13-12-14-21-44)30-32-54(52)78-62(57,60(51)59)75-35-4-2/h4,12-14,20-21,25-32,36-38,47,50,57,59-60,67-68H,2-3,5-11,15-19,22-24,33-35,39-43H2,1H3,(H,63,70)/t47-,50+,57-,59+,60+,62+/m0/s1. The molecule has 0 bridgehead atoms. The topological polar surface area (TPSA) is 201 Å². The molecule has 2 aliphatic heterocycles. The van der Waals surface area contributed by atoms with Crippen molar-refractivity contribution in [2.75, 3.05) is 26.6 Å². The molecule has 1 saturated carbocycles. The molecule has 4 aromatic carbocycles. The van der Waals surface area contributed by atoms with E-state index in [0.29, 0.717) is 60.0 Å². The summed E-state index contributed by atoms with van der Waals surface area (Å²) in [5.41, 5.74) is 4.62. The molecule has 6 atom stereocenters. The number of amides is 2. The highest BCUT2D eigenvalue weighted by Gasteiger charge is 2.65. The van der Waals surface area contributed by atoms with E-state index in [0.717, 1.165) is 60.8 Å². The number of aliphatic hydroxyl groups excluding tert-OH is 2. The number of nitro benzene ring substituents is 1. The second-order valence-electron chi connectivity index (χ2n) is 21.0. The number of aliphatic hydroxyl groups is 2. The van der Waals surface area contributed by atoms with Gasteiger partial charge in [-0.3, -0.25) is 14.9 Å². The van der Waals surface area contributed by atoms with Crippen LogP contribution in [0, 0.1) is 27.9 Å². The van der Waals surface area contributed by atoms with E-state index >= 15 is 4.79 Å². The molecule has 418 valence electrons. The number of carbonyl (C=O) groups is 2. The van der Waals surface area contributed by atoms with Crippen LogP contribution in [0.15, 0.2) is 120 Å². The Labute approximate surface area is 458 Å². The molecule has 4 aromatic rings. The van der Waals surface area contributed by atoms with Gasteiger partial charge in [0.25, 0.3) is 5.69 Å². The van der Waals surface area contributed by atoms with Gasteiger partial charge in [0, 0.05) is 62.8 Å². The number of benzene rings is 4. The molecule has 3 N–H and O–H groups in total. The molecule has 0 spiro atoms. The second kappa shape index (κ2) is 28.7. The summed E-state index contributed by atoms with van der Waals surface area (Å²) in [6, 6.07) is 26.1. The number of rotatable bonds is 31. The van der Waals surface area contributed by atoms with Crippen molar-refractivity contribution >= 4 is 23.4 Å². The third-order valence-electron chi connectivity index (χ3n) is 15.7. The predicted octanol–water partition coefficient (Wildman–Crippen LogP) is 12.4. The molecular weight excluding hydrogens is 993 g/mol. The lowest BCUT2D eigenvalue weighted by Crippen LogP contribution is -2.70. The molecule has 16 nitrogen and oxygen atoms in total. The summed E-state index contributed by atoms with van der Waals surface area (Å²) in [5.74, 6) is -0.702. The lowest BCUT2D eigenvalue weighted by atomic mass is 9.55. The minimum Gasteiger partial charge on any atom is -0.459 e. The van der Waals surface area contributed by atoms with Crippen molar-refractivity contribution in [3.05, 3.63) is 148 Å². The highest BCUT2D eigenvalue weighted by molar-refractivity contribution is 6.03. The number of fused-ring (bicyclic) bond motifs is 3. The average Bonchev–Trinajstić information content (AvgIpc) is 4.03. The fraction of sp³-hybridized carbons (Fsp3) is 0.500. The molecule has 4 aliphatic rings. The number of nitro groups is 1. The van der Waals surface area contributed by atoms with Gasteiger partial charge < -0.3 is 49.0 Å². The van der Waals surface area contributed by atoms with Gasteiger partial charge >= 0.3 is 6.09 Å². The Hall–Kier alpha value is -6.75. The number of ether oxygens (including phenoxy) is 5. The molecular formula is C62H78N4O12. The Balaban J connectivity index is 1.25. The molecule has 16 heteroatoms. The summed E-state index contributed by atoms with van der Waals surface area (Å²) in [5, 5.41) is 39.6. The number of hydrogen-bond donors (Lipinski definition) is 3. The van der Waals surface area contributed by atoms with Gasteiger partial charge in [-0.25, -0.2) is 4.79 Å². The zero-order valence-electron chi connectivity index (χ0n) is 45.2. The van der Waals surface area contributed by atoms with Crippen LogP contribution in [-0.2, 0) is 34.1 Å². The van der Waals surface area contributed by atoms with Crippen LogP contribution in [0.1, 0.15) is 144 Å².